The lowest BCUT2D eigenvalue weighted by atomic mass is 10.1. The van der Waals surface area contributed by atoms with Gasteiger partial charge in [0.15, 0.2) is 0 Å². The minimum Gasteiger partial charge on any atom is -0.369 e. The second-order valence-corrected chi connectivity index (χ2v) is 4.87. The first-order chi connectivity index (χ1) is 8.38. The maximum absolute atomic E-state index is 11.6. The molecular weight excluding hydrogens is 232 g/mol. The maximum atomic E-state index is 11.6. The highest BCUT2D eigenvalue weighted by Gasteiger charge is 2.13. The number of hydroxylamine groups is 1. The molecule has 1 aromatic carbocycles. The van der Waals surface area contributed by atoms with E-state index in [2.05, 4.69) is 10.8 Å². The van der Waals surface area contributed by atoms with Crippen LogP contribution >= 0.6 is 0 Å². The van der Waals surface area contributed by atoms with Gasteiger partial charge in [-0.05, 0) is 32.9 Å². The summed E-state index contributed by atoms with van der Waals surface area (Å²) < 4.78 is 0. The quantitative estimate of drug-likeness (QED) is 0.789. The molecule has 0 atom stereocenters. The van der Waals surface area contributed by atoms with Crippen LogP contribution in [0.15, 0.2) is 30.3 Å². The predicted octanol–water partition coefficient (Wildman–Crippen LogP) is 1.26. The van der Waals surface area contributed by atoms with Gasteiger partial charge in [0, 0.05) is 11.1 Å². The fraction of sp³-hybridized carbons (Fsp3) is 0.385. The van der Waals surface area contributed by atoms with Crippen LogP contribution in [-0.4, -0.2) is 24.0 Å². The van der Waals surface area contributed by atoms with Gasteiger partial charge in [-0.3, -0.25) is 4.79 Å². The highest BCUT2D eigenvalue weighted by Crippen LogP contribution is 1.99. The third-order valence-electron chi connectivity index (χ3n) is 1.90. The standard InChI is InChI=1S/C13H18N2O3/c1-13(2,3)15-18-11(16)9-14-12(17)10-7-5-4-6-8-10/h4-8,15H,9H2,1-3H3,(H,14,17). The lowest BCUT2D eigenvalue weighted by molar-refractivity contribution is -0.153. The Morgan fingerprint density at radius 2 is 1.78 bits per heavy atom. The minimum absolute atomic E-state index is 0.170. The molecule has 0 radical (unpaired) electrons. The van der Waals surface area contributed by atoms with Crippen LogP contribution in [0, 0.1) is 0 Å². The van der Waals surface area contributed by atoms with Gasteiger partial charge >= 0.3 is 5.97 Å². The largest absolute Gasteiger partial charge is 0.369 e. The number of benzene rings is 1. The van der Waals surface area contributed by atoms with Crippen LogP contribution < -0.4 is 10.8 Å². The molecule has 0 saturated carbocycles. The molecule has 0 heterocycles. The van der Waals surface area contributed by atoms with Crippen molar-refractivity contribution in [3.05, 3.63) is 35.9 Å². The summed E-state index contributed by atoms with van der Waals surface area (Å²) in [6, 6.07) is 8.68. The number of carbonyl (C=O) groups is 2. The fourth-order valence-electron chi connectivity index (χ4n) is 1.09. The van der Waals surface area contributed by atoms with E-state index in [9.17, 15) is 9.59 Å². The zero-order valence-electron chi connectivity index (χ0n) is 10.8. The van der Waals surface area contributed by atoms with E-state index in [1.807, 2.05) is 26.8 Å². The van der Waals surface area contributed by atoms with Gasteiger partial charge in [-0.15, -0.1) is 5.48 Å². The van der Waals surface area contributed by atoms with Crippen molar-refractivity contribution in [3.8, 4) is 0 Å². The summed E-state index contributed by atoms with van der Waals surface area (Å²) in [5.41, 5.74) is 2.77. The molecule has 1 amide bonds. The molecule has 0 aromatic heterocycles. The fourth-order valence-corrected chi connectivity index (χ4v) is 1.09. The Bertz CT molecular complexity index is 410. The first-order valence-corrected chi connectivity index (χ1v) is 5.68. The highest BCUT2D eigenvalue weighted by atomic mass is 16.7. The maximum Gasteiger partial charge on any atom is 0.344 e. The summed E-state index contributed by atoms with van der Waals surface area (Å²) in [5, 5.41) is 2.48. The van der Waals surface area contributed by atoms with Crippen molar-refractivity contribution in [3.63, 3.8) is 0 Å². The van der Waals surface area contributed by atoms with E-state index in [-0.39, 0.29) is 18.0 Å². The van der Waals surface area contributed by atoms with E-state index in [0.717, 1.165) is 0 Å². The third kappa shape index (κ3) is 5.45. The first kappa shape index (κ1) is 14.2. The second-order valence-electron chi connectivity index (χ2n) is 4.87. The second kappa shape index (κ2) is 6.16. The lowest BCUT2D eigenvalue weighted by Gasteiger charge is -2.19. The van der Waals surface area contributed by atoms with Crippen LogP contribution in [0.5, 0.6) is 0 Å². The Labute approximate surface area is 106 Å². The Balaban J connectivity index is 2.33. The van der Waals surface area contributed by atoms with Crippen molar-refractivity contribution >= 4 is 11.9 Å². The molecule has 0 aliphatic heterocycles. The van der Waals surface area contributed by atoms with Crippen LogP contribution in [-0.2, 0) is 9.63 Å². The molecule has 0 aliphatic rings. The van der Waals surface area contributed by atoms with E-state index in [1.165, 1.54) is 0 Å². The van der Waals surface area contributed by atoms with Crippen molar-refractivity contribution in [2.24, 2.45) is 0 Å². The van der Waals surface area contributed by atoms with E-state index in [4.69, 9.17) is 4.84 Å². The van der Waals surface area contributed by atoms with Crippen molar-refractivity contribution in [2.45, 2.75) is 26.3 Å². The Hall–Kier alpha value is -1.88. The molecule has 0 saturated heterocycles. The van der Waals surface area contributed by atoms with Crippen molar-refractivity contribution in [1.82, 2.24) is 10.8 Å². The van der Waals surface area contributed by atoms with Crippen molar-refractivity contribution in [1.29, 1.82) is 0 Å². The molecule has 1 aromatic rings. The van der Waals surface area contributed by atoms with Gasteiger partial charge < -0.3 is 10.2 Å². The number of nitrogens with one attached hydrogen (secondary N) is 2. The first-order valence-electron chi connectivity index (χ1n) is 5.68. The topological polar surface area (TPSA) is 67.4 Å². The third-order valence-corrected chi connectivity index (χ3v) is 1.90. The number of hydrogen-bond donors (Lipinski definition) is 2. The highest BCUT2D eigenvalue weighted by molar-refractivity contribution is 5.95. The SMILES string of the molecule is CC(C)(C)NOC(=O)CNC(=O)c1ccccc1. The molecule has 0 bridgehead atoms. The molecular formula is C13H18N2O3. The molecule has 0 aliphatic carbocycles. The summed E-state index contributed by atoms with van der Waals surface area (Å²) in [5.74, 6) is -0.836. The van der Waals surface area contributed by atoms with Gasteiger partial charge in [-0.25, -0.2) is 4.79 Å². The molecule has 18 heavy (non-hydrogen) atoms. The molecule has 0 unspecified atom stereocenters. The monoisotopic (exact) mass is 250 g/mol. The van der Waals surface area contributed by atoms with Gasteiger partial charge in [0.05, 0.1) is 0 Å². The number of rotatable bonds is 4. The number of amides is 1. The van der Waals surface area contributed by atoms with Crippen molar-refractivity contribution < 1.29 is 14.4 Å². The molecule has 5 nitrogen and oxygen atoms in total. The summed E-state index contributed by atoms with van der Waals surface area (Å²) in [7, 11) is 0. The molecule has 98 valence electrons. The van der Waals surface area contributed by atoms with E-state index in [1.54, 1.807) is 24.3 Å². The average Bonchev–Trinajstić information content (AvgIpc) is 2.33. The number of hydrogen-bond acceptors (Lipinski definition) is 4. The summed E-state index contributed by atoms with van der Waals surface area (Å²) in [4.78, 5) is 27.7. The Morgan fingerprint density at radius 1 is 1.17 bits per heavy atom. The Kier molecular flexibility index (Phi) is 4.85. The van der Waals surface area contributed by atoms with Crippen LogP contribution in [0.4, 0.5) is 0 Å². The molecule has 0 spiro atoms. The molecule has 1 rings (SSSR count). The van der Waals surface area contributed by atoms with Crippen LogP contribution in [0.25, 0.3) is 0 Å². The predicted molar refractivity (Wildman–Crippen MR) is 67.8 cm³/mol. The van der Waals surface area contributed by atoms with Gasteiger partial charge in [0.25, 0.3) is 5.91 Å². The Morgan fingerprint density at radius 3 is 2.33 bits per heavy atom. The van der Waals surface area contributed by atoms with Crippen molar-refractivity contribution in [2.75, 3.05) is 6.54 Å². The smallest absolute Gasteiger partial charge is 0.344 e. The lowest BCUT2D eigenvalue weighted by Crippen LogP contribution is -2.40. The van der Waals surface area contributed by atoms with Crippen LogP contribution in [0.2, 0.25) is 0 Å². The minimum atomic E-state index is -0.533. The molecule has 0 fully saturated rings. The van der Waals surface area contributed by atoms with E-state index in [0.29, 0.717) is 5.56 Å². The van der Waals surface area contributed by atoms with Gasteiger partial charge in [0.1, 0.15) is 6.54 Å². The zero-order chi connectivity index (χ0) is 13.6. The summed E-state index contributed by atoms with van der Waals surface area (Å²) in [6.07, 6.45) is 0. The van der Waals surface area contributed by atoms with Gasteiger partial charge in [-0.2, -0.15) is 0 Å². The van der Waals surface area contributed by atoms with Gasteiger partial charge in [0.2, 0.25) is 0 Å². The molecule has 5 heteroatoms. The van der Waals surface area contributed by atoms with E-state index >= 15 is 0 Å². The van der Waals surface area contributed by atoms with Crippen LogP contribution in [0.1, 0.15) is 31.1 Å². The average molecular weight is 250 g/mol. The van der Waals surface area contributed by atoms with Gasteiger partial charge in [-0.1, -0.05) is 18.2 Å². The normalized spacial score (nSPS) is 10.8. The summed E-state index contributed by atoms with van der Waals surface area (Å²) >= 11 is 0. The number of carbonyl (C=O) groups excluding carboxylic acids is 2. The van der Waals surface area contributed by atoms with E-state index < -0.39 is 5.97 Å². The zero-order valence-corrected chi connectivity index (χ0v) is 10.8. The van der Waals surface area contributed by atoms with Crippen LogP contribution in [0.3, 0.4) is 0 Å². The summed E-state index contributed by atoms with van der Waals surface area (Å²) in [6.45, 7) is 5.42. The molecule has 2 N–H and O–H groups in total.